The fourth-order valence-corrected chi connectivity index (χ4v) is 8.93. The van der Waals surface area contributed by atoms with Crippen LogP contribution in [-0.4, -0.2) is 19.5 Å². The Morgan fingerprint density at radius 3 is 1.71 bits per heavy atom. The molecule has 5 nitrogen and oxygen atoms in total. The first-order chi connectivity index (χ1) is 27.5. The summed E-state index contributed by atoms with van der Waals surface area (Å²) in [6, 6.07) is 59.6. The zero-order valence-electron chi connectivity index (χ0n) is 30.8. The van der Waals surface area contributed by atoms with E-state index in [4.69, 9.17) is 15.0 Å². The minimum atomic E-state index is -0.135. The third kappa shape index (κ3) is 4.76. The number of benzene rings is 8. The van der Waals surface area contributed by atoms with Crippen LogP contribution in [0.5, 0.6) is 0 Å². The SMILES string of the molecule is CC1(C)c2ccccc2-c2ccc(-n3c4ccc(C#N)cc4c4cc(-c5nc(-c6cccc7ccccc67)nc(-c6cccc7ccccc67)n5)ccc43)cc21. The first-order valence-corrected chi connectivity index (χ1v) is 18.9. The number of aromatic nitrogens is 4. The van der Waals surface area contributed by atoms with E-state index in [-0.39, 0.29) is 5.41 Å². The molecule has 0 N–H and O–H groups in total. The van der Waals surface area contributed by atoms with Crippen LogP contribution in [0.4, 0.5) is 0 Å². The summed E-state index contributed by atoms with van der Waals surface area (Å²) in [5.74, 6) is 1.82. The van der Waals surface area contributed by atoms with Crippen molar-refractivity contribution in [2.75, 3.05) is 0 Å². The molecule has 0 bridgehead atoms. The summed E-state index contributed by atoms with van der Waals surface area (Å²) in [7, 11) is 0. The Bertz CT molecular complexity index is 3200. The zero-order valence-corrected chi connectivity index (χ0v) is 30.8. The van der Waals surface area contributed by atoms with Gasteiger partial charge >= 0.3 is 0 Å². The van der Waals surface area contributed by atoms with Crippen molar-refractivity contribution in [1.29, 1.82) is 5.26 Å². The van der Waals surface area contributed by atoms with Crippen molar-refractivity contribution >= 4 is 43.4 Å². The van der Waals surface area contributed by atoms with Gasteiger partial charge in [-0.25, -0.2) is 15.0 Å². The van der Waals surface area contributed by atoms with Crippen molar-refractivity contribution in [1.82, 2.24) is 19.5 Å². The molecular weight excluding hydrogens is 683 g/mol. The minimum absolute atomic E-state index is 0.135. The van der Waals surface area contributed by atoms with E-state index in [0.29, 0.717) is 23.0 Å². The van der Waals surface area contributed by atoms with Gasteiger partial charge < -0.3 is 4.57 Å². The molecule has 8 aromatic carbocycles. The van der Waals surface area contributed by atoms with Gasteiger partial charge in [-0.3, -0.25) is 0 Å². The molecule has 0 radical (unpaired) electrons. The summed E-state index contributed by atoms with van der Waals surface area (Å²) in [5, 5.41) is 16.5. The highest BCUT2D eigenvalue weighted by Gasteiger charge is 2.35. The smallest absolute Gasteiger partial charge is 0.164 e. The Morgan fingerprint density at radius 1 is 0.464 bits per heavy atom. The first kappa shape index (κ1) is 32.0. The van der Waals surface area contributed by atoms with E-state index >= 15 is 0 Å². The van der Waals surface area contributed by atoms with Gasteiger partial charge in [-0.05, 0) is 92.3 Å². The second kappa shape index (κ2) is 12.0. The molecule has 1 aliphatic rings. The molecule has 0 atom stereocenters. The molecule has 0 aliphatic heterocycles. The highest BCUT2D eigenvalue weighted by atomic mass is 15.0. The van der Waals surface area contributed by atoms with Gasteiger partial charge in [0.2, 0.25) is 0 Å². The van der Waals surface area contributed by atoms with Crippen LogP contribution in [0.2, 0.25) is 0 Å². The van der Waals surface area contributed by atoms with Gasteiger partial charge in [0.25, 0.3) is 0 Å². The second-order valence-electron chi connectivity index (χ2n) is 15.2. The van der Waals surface area contributed by atoms with Gasteiger partial charge in [0, 0.05) is 38.6 Å². The van der Waals surface area contributed by atoms with Crippen molar-refractivity contribution in [2.45, 2.75) is 19.3 Å². The zero-order chi connectivity index (χ0) is 37.5. The second-order valence-corrected chi connectivity index (χ2v) is 15.2. The lowest BCUT2D eigenvalue weighted by molar-refractivity contribution is 0.660. The van der Waals surface area contributed by atoms with Gasteiger partial charge in [-0.15, -0.1) is 0 Å². The van der Waals surface area contributed by atoms with Crippen LogP contribution in [0, 0.1) is 11.3 Å². The average Bonchev–Trinajstić information content (AvgIpc) is 3.70. The Hall–Kier alpha value is -7.42. The predicted octanol–water partition coefficient (Wildman–Crippen LogP) is 12.5. The molecule has 262 valence electrons. The molecule has 0 unspecified atom stereocenters. The summed E-state index contributed by atoms with van der Waals surface area (Å²) in [6.07, 6.45) is 0. The monoisotopic (exact) mass is 715 g/mol. The fraction of sp³-hybridized carbons (Fsp3) is 0.0588. The largest absolute Gasteiger partial charge is 0.309 e. The summed E-state index contributed by atoms with van der Waals surface area (Å²) < 4.78 is 2.32. The molecule has 0 saturated carbocycles. The maximum absolute atomic E-state index is 10.0. The predicted molar refractivity (Wildman–Crippen MR) is 228 cm³/mol. The molecule has 0 fully saturated rings. The maximum atomic E-state index is 10.0. The quantitative estimate of drug-likeness (QED) is 0.182. The van der Waals surface area contributed by atoms with Crippen molar-refractivity contribution < 1.29 is 0 Å². The molecule has 2 aromatic heterocycles. The summed E-state index contributed by atoms with van der Waals surface area (Å²) in [4.78, 5) is 15.6. The van der Waals surface area contributed by atoms with Crippen LogP contribution in [-0.2, 0) is 5.41 Å². The molecule has 1 aliphatic carbocycles. The van der Waals surface area contributed by atoms with E-state index in [1.54, 1.807) is 0 Å². The van der Waals surface area contributed by atoms with Crippen LogP contribution in [0.15, 0.2) is 164 Å². The summed E-state index contributed by atoms with van der Waals surface area (Å²) in [5.41, 5.74) is 11.7. The van der Waals surface area contributed by atoms with Crippen LogP contribution < -0.4 is 0 Å². The molecule has 0 spiro atoms. The van der Waals surface area contributed by atoms with Crippen LogP contribution >= 0.6 is 0 Å². The lowest BCUT2D eigenvalue weighted by Gasteiger charge is -2.22. The van der Waals surface area contributed by atoms with Gasteiger partial charge in [0.1, 0.15) is 0 Å². The van der Waals surface area contributed by atoms with E-state index in [0.717, 1.165) is 65.7 Å². The molecule has 0 amide bonds. The summed E-state index contributed by atoms with van der Waals surface area (Å²) >= 11 is 0. The third-order valence-corrected chi connectivity index (χ3v) is 11.7. The van der Waals surface area contributed by atoms with Crippen LogP contribution in [0.3, 0.4) is 0 Å². The highest BCUT2D eigenvalue weighted by Crippen LogP contribution is 2.49. The Kier molecular flexibility index (Phi) is 6.89. The minimum Gasteiger partial charge on any atom is -0.309 e. The average molecular weight is 716 g/mol. The Labute approximate surface area is 323 Å². The van der Waals surface area contributed by atoms with Gasteiger partial charge in [0.05, 0.1) is 22.7 Å². The first-order valence-electron chi connectivity index (χ1n) is 18.9. The van der Waals surface area contributed by atoms with E-state index < -0.39 is 0 Å². The van der Waals surface area contributed by atoms with E-state index in [2.05, 4.69) is 176 Å². The third-order valence-electron chi connectivity index (χ3n) is 11.7. The van der Waals surface area contributed by atoms with Crippen LogP contribution in [0.25, 0.3) is 94.3 Å². The summed E-state index contributed by atoms with van der Waals surface area (Å²) in [6.45, 7) is 4.62. The standard InChI is InChI=1S/C51H33N5/c1-51(2)44-20-8-7-17-38(44)39-24-23-35(29-45(39)51)56-46-25-21-31(30-52)27-42(46)43-28-34(22-26-47(43)56)48-53-49(40-18-9-13-32-11-3-5-15-36(32)40)55-50(54-48)41-19-10-14-33-12-4-6-16-37(33)41/h3-29H,1-2H3. The van der Waals surface area contributed by atoms with E-state index in [9.17, 15) is 5.26 Å². The van der Waals surface area contributed by atoms with E-state index in [1.165, 1.54) is 22.3 Å². The number of hydrogen-bond donors (Lipinski definition) is 0. The molecule has 0 saturated heterocycles. The van der Waals surface area contributed by atoms with Crippen LogP contribution in [0.1, 0.15) is 30.5 Å². The van der Waals surface area contributed by atoms with Gasteiger partial charge in [-0.2, -0.15) is 5.26 Å². The number of rotatable bonds is 4. The Morgan fingerprint density at radius 2 is 1.02 bits per heavy atom. The van der Waals surface area contributed by atoms with E-state index in [1.807, 2.05) is 12.1 Å². The number of nitriles is 1. The molecule has 10 aromatic rings. The van der Waals surface area contributed by atoms with Crippen molar-refractivity contribution in [2.24, 2.45) is 0 Å². The molecular formula is C51H33N5. The lowest BCUT2D eigenvalue weighted by Crippen LogP contribution is -2.15. The van der Waals surface area contributed by atoms with Crippen molar-refractivity contribution in [3.05, 3.63) is 180 Å². The number of hydrogen-bond acceptors (Lipinski definition) is 4. The maximum Gasteiger partial charge on any atom is 0.164 e. The molecule has 11 rings (SSSR count). The fourth-order valence-electron chi connectivity index (χ4n) is 8.93. The molecule has 5 heteroatoms. The Balaban J connectivity index is 1.14. The van der Waals surface area contributed by atoms with Crippen molar-refractivity contribution in [3.8, 4) is 57.0 Å². The van der Waals surface area contributed by atoms with Crippen molar-refractivity contribution in [3.63, 3.8) is 0 Å². The number of nitrogens with zero attached hydrogens (tertiary/aromatic N) is 5. The number of fused-ring (bicyclic) bond motifs is 8. The highest BCUT2D eigenvalue weighted by molar-refractivity contribution is 6.11. The van der Waals surface area contributed by atoms with Gasteiger partial charge in [0.15, 0.2) is 17.5 Å². The van der Waals surface area contributed by atoms with Gasteiger partial charge in [-0.1, -0.05) is 129 Å². The lowest BCUT2D eigenvalue weighted by atomic mass is 9.82. The molecule has 56 heavy (non-hydrogen) atoms. The molecule has 2 heterocycles. The normalized spacial score (nSPS) is 12.9. The topological polar surface area (TPSA) is 67.4 Å².